The minimum atomic E-state index is -0.309. The van der Waals surface area contributed by atoms with Gasteiger partial charge in [0, 0.05) is 17.6 Å². The molecule has 0 heterocycles. The average Bonchev–Trinajstić information content (AvgIpc) is 2.91. The standard InChI is InChI=1S/C17H26N2O2/c1-17(2,18)12-11-16(20)19-13-7-9-15(10-8-13)21-14-5-3-4-6-14/h7-10,14H,3-6,11-12,18H2,1-2H3,(H,19,20). The largest absolute Gasteiger partial charge is 0.490 e. The molecule has 4 nitrogen and oxygen atoms in total. The van der Waals surface area contributed by atoms with Crippen LogP contribution in [-0.4, -0.2) is 17.6 Å². The number of ether oxygens (including phenoxy) is 1. The molecule has 0 bridgehead atoms. The van der Waals surface area contributed by atoms with Crippen molar-refractivity contribution in [2.45, 2.75) is 64.0 Å². The smallest absolute Gasteiger partial charge is 0.224 e. The number of anilines is 1. The first-order valence-corrected chi connectivity index (χ1v) is 7.78. The van der Waals surface area contributed by atoms with Gasteiger partial charge in [-0.3, -0.25) is 4.79 Å². The highest BCUT2D eigenvalue weighted by atomic mass is 16.5. The van der Waals surface area contributed by atoms with Gasteiger partial charge in [-0.2, -0.15) is 0 Å². The van der Waals surface area contributed by atoms with E-state index in [9.17, 15) is 4.79 Å². The van der Waals surface area contributed by atoms with Gasteiger partial charge in [0.2, 0.25) is 5.91 Å². The van der Waals surface area contributed by atoms with E-state index in [-0.39, 0.29) is 11.4 Å². The molecular formula is C17H26N2O2. The molecule has 2 rings (SSSR count). The van der Waals surface area contributed by atoms with E-state index in [4.69, 9.17) is 10.5 Å². The van der Waals surface area contributed by atoms with E-state index < -0.39 is 0 Å². The molecule has 21 heavy (non-hydrogen) atoms. The van der Waals surface area contributed by atoms with Crippen molar-refractivity contribution in [3.8, 4) is 5.75 Å². The molecule has 1 aliphatic carbocycles. The topological polar surface area (TPSA) is 64.4 Å². The highest BCUT2D eigenvalue weighted by molar-refractivity contribution is 5.90. The van der Waals surface area contributed by atoms with E-state index in [1.807, 2.05) is 38.1 Å². The normalized spacial score (nSPS) is 16.0. The lowest BCUT2D eigenvalue weighted by Crippen LogP contribution is -2.33. The van der Waals surface area contributed by atoms with Gasteiger partial charge in [0.05, 0.1) is 6.10 Å². The van der Waals surface area contributed by atoms with Crippen LogP contribution in [0, 0.1) is 0 Å². The van der Waals surface area contributed by atoms with Gasteiger partial charge in [0.25, 0.3) is 0 Å². The molecule has 1 aromatic rings. The van der Waals surface area contributed by atoms with Gasteiger partial charge in [-0.15, -0.1) is 0 Å². The second-order valence-corrected chi connectivity index (χ2v) is 6.59. The minimum Gasteiger partial charge on any atom is -0.490 e. The molecule has 0 aliphatic heterocycles. The van der Waals surface area contributed by atoms with Gasteiger partial charge in [-0.25, -0.2) is 0 Å². The minimum absolute atomic E-state index is 0.00186. The third-order valence-corrected chi connectivity index (χ3v) is 3.74. The van der Waals surface area contributed by atoms with Crippen LogP contribution >= 0.6 is 0 Å². The zero-order valence-corrected chi connectivity index (χ0v) is 13.0. The second-order valence-electron chi connectivity index (χ2n) is 6.59. The summed E-state index contributed by atoms with van der Waals surface area (Å²) in [6, 6.07) is 7.60. The Labute approximate surface area is 127 Å². The molecule has 0 radical (unpaired) electrons. The second kappa shape index (κ2) is 6.94. The number of benzene rings is 1. The first kappa shape index (κ1) is 15.8. The number of carbonyl (C=O) groups excluding carboxylic acids is 1. The van der Waals surface area contributed by atoms with Crippen molar-refractivity contribution in [3.05, 3.63) is 24.3 Å². The van der Waals surface area contributed by atoms with Gasteiger partial charge in [-0.05, 0) is 70.2 Å². The number of hydrogen-bond acceptors (Lipinski definition) is 3. The Morgan fingerprint density at radius 1 is 1.29 bits per heavy atom. The van der Waals surface area contributed by atoms with Crippen LogP contribution in [-0.2, 0) is 4.79 Å². The summed E-state index contributed by atoms with van der Waals surface area (Å²) < 4.78 is 5.90. The van der Waals surface area contributed by atoms with Crippen molar-refractivity contribution in [2.24, 2.45) is 5.73 Å². The van der Waals surface area contributed by atoms with E-state index in [1.54, 1.807) is 0 Å². The molecule has 0 atom stereocenters. The quantitative estimate of drug-likeness (QED) is 0.843. The summed E-state index contributed by atoms with van der Waals surface area (Å²) in [4.78, 5) is 11.8. The van der Waals surface area contributed by atoms with Gasteiger partial charge in [0.15, 0.2) is 0 Å². The van der Waals surface area contributed by atoms with Crippen molar-refractivity contribution in [2.75, 3.05) is 5.32 Å². The van der Waals surface area contributed by atoms with Gasteiger partial charge in [-0.1, -0.05) is 0 Å². The lowest BCUT2D eigenvalue weighted by atomic mass is 10.00. The van der Waals surface area contributed by atoms with Crippen LogP contribution in [0.25, 0.3) is 0 Å². The van der Waals surface area contributed by atoms with Gasteiger partial charge < -0.3 is 15.8 Å². The summed E-state index contributed by atoms with van der Waals surface area (Å²) in [6.45, 7) is 3.85. The Bertz CT molecular complexity index is 457. The number of nitrogens with one attached hydrogen (secondary N) is 1. The van der Waals surface area contributed by atoms with Crippen molar-refractivity contribution >= 4 is 11.6 Å². The molecule has 4 heteroatoms. The molecule has 0 aromatic heterocycles. The predicted octanol–water partition coefficient (Wildman–Crippen LogP) is 3.46. The summed E-state index contributed by atoms with van der Waals surface area (Å²) in [5.74, 6) is 0.876. The molecule has 1 aromatic carbocycles. The van der Waals surface area contributed by atoms with Crippen molar-refractivity contribution in [1.82, 2.24) is 0 Å². The predicted molar refractivity (Wildman–Crippen MR) is 85.5 cm³/mol. The van der Waals surface area contributed by atoms with Crippen LogP contribution in [0.3, 0.4) is 0 Å². The molecule has 0 spiro atoms. The molecule has 0 saturated heterocycles. The molecule has 1 fully saturated rings. The fraction of sp³-hybridized carbons (Fsp3) is 0.588. The highest BCUT2D eigenvalue weighted by Crippen LogP contribution is 2.25. The molecule has 0 unspecified atom stereocenters. The number of nitrogens with two attached hydrogens (primary N) is 1. The van der Waals surface area contributed by atoms with E-state index in [2.05, 4.69) is 5.32 Å². The van der Waals surface area contributed by atoms with Crippen molar-refractivity contribution in [3.63, 3.8) is 0 Å². The number of rotatable bonds is 6. The van der Waals surface area contributed by atoms with Crippen LogP contribution in [0.5, 0.6) is 5.75 Å². The Kier molecular flexibility index (Phi) is 5.23. The Hall–Kier alpha value is -1.55. The third-order valence-electron chi connectivity index (χ3n) is 3.74. The Balaban J connectivity index is 1.80. The Morgan fingerprint density at radius 3 is 2.48 bits per heavy atom. The molecule has 1 saturated carbocycles. The summed E-state index contributed by atoms with van der Waals surface area (Å²) >= 11 is 0. The monoisotopic (exact) mass is 290 g/mol. The van der Waals surface area contributed by atoms with Gasteiger partial charge in [0.1, 0.15) is 5.75 Å². The summed E-state index contributed by atoms with van der Waals surface area (Å²) in [5, 5.41) is 2.89. The van der Waals surface area contributed by atoms with Crippen LogP contribution < -0.4 is 15.8 Å². The van der Waals surface area contributed by atoms with Crippen LogP contribution in [0.4, 0.5) is 5.69 Å². The third kappa shape index (κ3) is 5.76. The molecule has 116 valence electrons. The van der Waals surface area contributed by atoms with Crippen molar-refractivity contribution < 1.29 is 9.53 Å². The first-order valence-electron chi connectivity index (χ1n) is 7.78. The van der Waals surface area contributed by atoms with Crippen LogP contribution in [0.15, 0.2) is 24.3 Å². The maximum absolute atomic E-state index is 11.8. The SMILES string of the molecule is CC(C)(N)CCC(=O)Nc1ccc(OC2CCCC2)cc1. The van der Waals surface area contributed by atoms with E-state index >= 15 is 0 Å². The zero-order chi connectivity index (χ0) is 15.3. The van der Waals surface area contributed by atoms with E-state index in [1.165, 1.54) is 12.8 Å². The lowest BCUT2D eigenvalue weighted by Gasteiger charge is -2.17. The molecular weight excluding hydrogens is 264 g/mol. The fourth-order valence-electron chi connectivity index (χ4n) is 2.47. The maximum Gasteiger partial charge on any atom is 0.224 e. The van der Waals surface area contributed by atoms with Crippen LogP contribution in [0.1, 0.15) is 52.4 Å². The number of amides is 1. The summed E-state index contributed by atoms with van der Waals surface area (Å²) in [7, 11) is 0. The van der Waals surface area contributed by atoms with Gasteiger partial charge >= 0.3 is 0 Å². The highest BCUT2D eigenvalue weighted by Gasteiger charge is 2.16. The summed E-state index contributed by atoms with van der Waals surface area (Å²) in [6.07, 6.45) is 6.27. The van der Waals surface area contributed by atoms with Crippen LogP contribution in [0.2, 0.25) is 0 Å². The lowest BCUT2D eigenvalue weighted by molar-refractivity contribution is -0.116. The molecule has 1 aliphatic rings. The molecule has 1 amide bonds. The first-order chi connectivity index (χ1) is 9.92. The summed E-state index contributed by atoms with van der Waals surface area (Å²) in [5.41, 5.74) is 6.37. The fourth-order valence-corrected chi connectivity index (χ4v) is 2.47. The number of carbonyl (C=O) groups is 1. The zero-order valence-electron chi connectivity index (χ0n) is 13.0. The molecule has 3 N–H and O–H groups in total. The Morgan fingerprint density at radius 2 is 1.90 bits per heavy atom. The maximum atomic E-state index is 11.8. The van der Waals surface area contributed by atoms with E-state index in [0.717, 1.165) is 24.3 Å². The number of hydrogen-bond donors (Lipinski definition) is 2. The van der Waals surface area contributed by atoms with Crippen molar-refractivity contribution in [1.29, 1.82) is 0 Å². The average molecular weight is 290 g/mol. The van der Waals surface area contributed by atoms with E-state index in [0.29, 0.717) is 18.9 Å².